The van der Waals surface area contributed by atoms with Gasteiger partial charge in [0.25, 0.3) is 5.91 Å². The number of piperidine rings is 3. The Balaban J connectivity index is 1.43. The van der Waals surface area contributed by atoms with E-state index in [4.69, 9.17) is 10.00 Å². The van der Waals surface area contributed by atoms with E-state index in [1.165, 1.54) is 12.8 Å². The van der Waals surface area contributed by atoms with Crippen molar-refractivity contribution in [3.8, 4) is 17.6 Å². The first kappa shape index (κ1) is 17.6. The Labute approximate surface area is 159 Å². The van der Waals surface area contributed by atoms with Crippen LogP contribution in [0.2, 0.25) is 0 Å². The Bertz CT molecular complexity index is 862. The number of rotatable bonds is 4. The van der Waals surface area contributed by atoms with E-state index in [9.17, 15) is 4.79 Å². The van der Waals surface area contributed by atoms with Crippen molar-refractivity contribution >= 4 is 5.91 Å². The SMILES string of the molecule is C[C@H]1[C@H](NC(=O)c2ccc(Oc3ccccc3C#N)cc2)C2CCN1CC2. The van der Waals surface area contributed by atoms with Gasteiger partial charge in [-0.1, -0.05) is 12.1 Å². The Morgan fingerprint density at radius 2 is 1.85 bits per heavy atom. The number of carbonyl (C=O) groups is 1. The van der Waals surface area contributed by atoms with Gasteiger partial charge in [0.15, 0.2) is 0 Å². The van der Waals surface area contributed by atoms with Crippen molar-refractivity contribution in [1.29, 1.82) is 5.26 Å². The minimum absolute atomic E-state index is 0.0374. The van der Waals surface area contributed by atoms with Gasteiger partial charge in [0, 0.05) is 17.6 Å². The number of fused-ring (bicyclic) bond motifs is 3. The molecule has 5 nitrogen and oxygen atoms in total. The standard InChI is InChI=1S/C22H23N3O2/c1-15-21(16-10-12-25(15)13-11-16)24-22(26)17-6-8-19(9-7-17)27-20-5-3-2-4-18(20)14-23/h2-9,15-16,21H,10-13H2,1H3,(H,24,26)/t15-,21-/m0/s1. The number of benzene rings is 2. The smallest absolute Gasteiger partial charge is 0.251 e. The minimum Gasteiger partial charge on any atom is -0.456 e. The summed E-state index contributed by atoms with van der Waals surface area (Å²) in [4.78, 5) is 15.2. The molecule has 1 N–H and O–H groups in total. The van der Waals surface area contributed by atoms with Gasteiger partial charge in [-0.3, -0.25) is 9.69 Å². The molecular weight excluding hydrogens is 338 g/mol. The lowest BCUT2D eigenvalue weighted by atomic mass is 9.79. The second kappa shape index (κ2) is 7.42. The molecule has 2 bridgehead atoms. The van der Waals surface area contributed by atoms with Crippen LogP contribution in [0, 0.1) is 17.2 Å². The molecule has 3 fully saturated rings. The molecule has 0 aromatic heterocycles. The van der Waals surface area contributed by atoms with E-state index < -0.39 is 0 Å². The average molecular weight is 361 g/mol. The first-order chi connectivity index (χ1) is 13.2. The Kier molecular flexibility index (Phi) is 4.83. The van der Waals surface area contributed by atoms with Gasteiger partial charge in [0.1, 0.15) is 17.6 Å². The maximum atomic E-state index is 12.7. The Morgan fingerprint density at radius 3 is 2.52 bits per heavy atom. The summed E-state index contributed by atoms with van der Waals surface area (Å²) >= 11 is 0. The van der Waals surface area contributed by atoms with Crippen LogP contribution in [0.4, 0.5) is 0 Å². The molecule has 5 heteroatoms. The Morgan fingerprint density at radius 1 is 1.15 bits per heavy atom. The van der Waals surface area contributed by atoms with Crippen molar-refractivity contribution < 1.29 is 9.53 Å². The van der Waals surface area contributed by atoms with Gasteiger partial charge in [-0.25, -0.2) is 0 Å². The molecule has 3 heterocycles. The van der Waals surface area contributed by atoms with E-state index >= 15 is 0 Å². The first-order valence-corrected chi connectivity index (χ1v) is 9.47. The van der Waals surface area contributed by atoms with Crippen LogP contribution >= 0.6 is 0 Å². The van der Waals surface area contributed by atoms with Crippen LogP contribution < -0.4 is 10.1 Å². The van der Waals surface area contributed by atoms with Crippen molar-refractivity contribution in [2.24, 2.45) is 5.92 Å². The number of para-hydroxylation sites is 1. The molecule has 0 saturated carbocycles. The van der Waals surface area contributed by atoms with E-state index in [2.05, 4.69) is 23.2 Å². The van der Waals surface area contributed by atoms with Crippen molar-refractivity contribution in [3.63, 3.8) is 0 Å². The van der Waals surface area contributed by atoms with Gasteiger partial charge in [-0.15, -0.1) is 0 Å². The zero-order valence-corrected chi connectivity index (χ0v) is 15.4. The fraction of sp³-hybridized carbons (Fsp3) is 0.364. The zero-order valence-electron chi connectivity index (χ0n) is 15.4. The van der Waals surface area contributed by atoms with Gasteiger partial charge in [0.05, 0.1) is 5.56 Å². The van der Waals surface area contributed by atoms with E-state index in [1.807, 2.05) is 6.07 Å². The third-order valence-corrected chi connectivity index (χ3v) is 5.83. The number of hydrogen-bond donors (Lipinski definition) is 1. The highest BCUT2D eigenvalue weighted by molar-refractivity contribution is 5.94. The first-order valence-electron chi connectivity index (χ1n) is 9.47. The van der Waals surface area contributed by atoms with Gasteiger partial charge < -0.3 is 10.1 Å². The minimum atomic E-state index is -0.0374. The number of ether oxygens (including phenoxy) is 1. The Hall–Kier alpha value is -2.84. The number of amides is 1. The maximum Gasteiger partial charge on any atom is 0.251 e. The highest BCUT2D eigenvalue weighted by atomic mass is 16.5. The predicted octanol–water partition coefficient (Wildman–Crippen LogP) is 3.56. The molecule has 0 unspecified atom stereocenters. The summed E-state index contributed by atoms with van der Waals surface area (Å²) in [6.07, 6.45) is 2.33. The molecule has 1 amide bonds. The molecule has 2 aromatic rings. The number of nitrogens with one attached hydrogen (secondary N) is 1. The summed E-state index contributed by atoms with van der Waals surface area (Å²) in [7, 11) is 0. The van der Waals surface area contributed by atoms with Crippen LogP contribution in [0.3, 0.4) is 0 Å². The highest BCUT2D eigenvalue weighted by Gasteiger charge is 2.40. The highest BCUT2D eigenvalue weighted by Crippen LogP contribution is 2.32. The van der Waals surface area contributed by atoms with Crippen molar-refractivity contribution in [2.45, 2.75) is 31.8 Å². The number of carbonyl (C=O) groups excluding carboxylic acids is 1. The lowest BCUT2D eigenvalue weighted by Crippen LogP contribution is -2.62. The second-order valence-corrected chi connectivity index (χ2v) is 7.35. The molecule has 3 saturated heterocycles. The van der Waals surface area contributed by atoms with E-state index in [0.29, 0.717) is 34.6 Å². The second-order valence-electron chi connectivity index (χ2n) is 7.35. The van der Waals surface area contributed by atoms with Crippen molar-refractivity contribution in [3.05, 3.63) is 59.7 Å². The van der Waals surface area contributed by atoms with Gasteiger partial charge >= 0.3 is 0 Å². The molecule has 2 atom stereocenters. The van der Waals surface area contributed by atoms with Crippen molar-refractivity contribution in [2.75, 3.05) is 13.1 Å². The lowest BCUT2D eigenvalue weighted by molar-refractivity contribution is 0.0217. The van der Waals surface area contributed by atoms with Crippen LogP contribution in [0.5, 0.6) is 11.5 Å². The molecule has 0 aliphatic carbocycles. The van der Waals surface area contributed by atoms with E-state index in [1.54, 1.807) is 42.5 Å². The molecular formula is C22H23N3O2. The quantitative estimate of drug-likeness (QED) is 0.904. The molecule has 27 heavy (non-hydrogen) atoms. The zero-order chi connectivity index (χ0) is 18.8. The maximum absolute atomic E-state index is 12.7. The largest absolute Gasteiger partial charge is 0.456 e. The third-order valence-electron chi connectivity index (χ3n) is 5.83. The molecule has 2 aromatic carbocycles. The topological polar surface area (TPSA) is 65.4 Å². The molecule has 0 radical (unpaired) electrons. The summed E-state index contributed by atoms with van der Waals surface area (Å²) in [5, 5.41) is 12.4. The van der Waals surface area contributed by atoms with Crippen LogP contribution in [0.25, 0.3) is 0 Å². The molecule has 3 aliphatic heterocycles. The number of nitrogens with zero attached hydrogens (tertiary/aromatic N) is 2. The van der Waals surface area contributed by atoms with Gasteiger partial charge in [-0.2, -0.15) is 5.26 Å². The molecule has 5 rings (SSSR count). The summed E-state index contributed by atoms with van der Waals surface area (Å²) in [5.41, 5.74) is 1.11. The van der Waals surface area contributed by atoms with Gasteiger partial charge in [-0.05, 0) is 75.2 Å². The van der Waals surface area contributed by atoms with Gasteiger partial charge in [0.2, 0.25) is 0 Å². The van der Waals surface area contributed by atoms with Crippen LogP contribution in [-0.2, 0) is 0 Å². The lowest BCUT2D eigenvalue weighted by Gasteiger charge is -2.49. The summed E-state index contributed by atoms with van der Waals surface area (Å²) < 4.78 is 5.78. The van der Waals surface area contributed by atoms with Crippen LogP contribution in [0.15, 0.2) is 48.5 Å². The summed E-state index contributed by atoms with van der Waals surface area (Å²) in [6, 6.07) is 16.9. The summed E-state index contributed by atoms with van der Waals surface area (Å²) in [6.45, 7) is 4.50. The molecule has 3 aliphatic rings. The van der Waals surface area contributed by atoms with E-state index in [-0.39, 0.29) is 11.9 Å². The van der Waals surface area contributed by atoms with Crippen LogP contribution in [-0.4, -0.2) is 36.0 Å². The number of nitriles is 1. The van der Waals surface area contributed by atoms with E-state index in [0.717, 1.165) is 13.1 Å². The molecule has 0 spiro atoms. The fourth-order valence-electron chi connectivity index (χ4n) is 4.23. The third kappa shape index (κ3) is 3.54. The fourth-order valence-corrected chi connectivity index (χ4v) is 4.23. The van der Waals surface area contributed by atoms with Crippen LogP contribution in [0.1, 0.15) is 35.7 Å². The molecule has 138 valence electrons. The van der Waals surface area contributed by atoms with Crippen molar-refractivity contribution in [1.82, 2.24) is 10.2 Å². The monoisotopic (exact) mass is 361 g/mol. The average Bonchev–Trinajstić information content (AvgIpc) is 2.72. The predicted molar refractivity (Wildman–Crippen MR) is 103 cm³/mol. The summed E-state index contributed by atoms with van der Waals surface area (Å²) in [5.74, 6) is 1.66. The normalized spacial score (nSPS) is 26.2. The number of hydrogen-bond acceptors (Lipinski definition) is 4.